The molecule has 166 valence electrons. The number of methoxy groups -OCH3 is 1. The molecule has 0 saturated carbocycles. The molecule has 2 aromatic carbocycles. The van der Waals surface area contributed by atoms with Gasteiger partial charge in [-0.1, -0.05) is 50.2 Å². The van der Waals surface area contributed by atoms with Crippen molar-refractivity contribution in [1.29, 1.82) is 0 Å². The summed E-state index contributed by atoms with van der Waals surface area (Å²) in [7, 11) is 1.62. The maximum absolute atomic E-state index is 13.6. The van der Waals surface area contributed by atoms with Crippen molar-refractivity contribution in [3.8, 4) is 5.75 Å². The summed E-state index contributed by atoms with van der Waals surface area (Å²) in [6.45, 7) is 8.08. The van der Waals surface area contributed by atoms with Crippen molar-refractivity contribution in [2.45, 2.75) is 46.5 Å². The number of aryl methyl sites for hydroxylation is 1. The number of Topliss-reactive ketones (excluding diaryl/α,β-unsaturated/α-hetero) is 1. The smallest absolute Gasteiger partial charge is 0.254 e. The molecule has 1 aliphatic heterocycles. The number of hydrogen-bond donors (Lipinski definition) is 2. The van der Waals surface area contributed by atoms with Crippen LogP contribution < -0.4 is 15.4 Å². The molecule has 0 fully saturated rings. The quantitative estimate of drug-likeness (QED) is 0.696. The lowest BCUT2D eigenvalue weighted by Gasteiger charge is -2.40. The minimum atomic E-state index is -0.491. The number of ketones is 1. The van der Waals surface area contributed by atoms with Gasteiger partial charge >= 0.3 is 0 Å². The summed E-state index contributed by atoms with van der Waals surface area (Å²) in [5.74, 6) is 0.0330. The Bertz CT molecular complexity index is 1160. The summed E-state index contributed by atoms with van der Waals surface area (Å²) in [5, 5.41) is 6.47. The molecule has 1 heterocycles. The van der Waals surface area contributed by atoms with Crippen LogP contribution in [0.2, 0.25) is 0 Å². The number of benzene rings is 2. The van der Waals surface area contributed by atoms with Crippen LogP contribution in [0, 0.1) is 12.3 Å². The van der Waals surface area contributed by atoms with E-state index in [-0.39, 0.29) is 17.1 Å². The predicted octanol–water partition coefficient (Wildman–Crippen LogP) is 5.25. The number of ether oxygens (including phenoxy) is 1. The fraction of sp³-hybridized carbons (Fsp3) is 0.333. The predicted molar refractivity (Wildman–Crippen MR) is 126 cm³/mol. The Kier molecular flexibility index (Phi) is 5.68. The van der Waals surface area contributed by atoms with E-state index in [1.54, 1.807) is 7.11 Å². The average molecular weight is 431 g/mol. The van der Waals surface area contributed by atoms with E-state index in [4.69, 9.17) is 4.74 Å². The number of nitrogens with one attached hydrogen (secondary N) is 2. The first-order valence-electron chi connectivity index (χ1n) is 11.0. The highest BCUT2D eigenvalue weighted by Crippen LogP contribution is 2.48. The van der Waals surface area contributed by atoms with Crippen LogP contribution in [-0.2, 0) is 9.59 Å². The van der Waals surface area contributed by atoms with Crippen molar-refractivity contribution in [1.82, 2.24) is 5.32 Å². The molecule has 0 unspecified atom stereocenters. The van der Waals surface area contributed by atoms with Crippen LogP contribution >= 0.6 is 0 Å². The number of rotatable bonds is 4. The fourth-order valence-corrected chi connectivity index (χ4v) is 4.86. The van der Waals surface area contributed by atoms with Gasteiger partial charge in [0.25, 0.3) is 5.91 Å². The number of amides is 1. The van der Waals surface area contributed by atoms with E-state index in [0.29, 0.717) is 23.3 Å². The van der Waals surface area contributed by atoms with Crippen molar-refractivity contribution in [3.63, 3.8) is 0 Å². The van der Waals surface area contributed by atoms with Crippen molar-refractivity contribution in [2.75, 3.05) is 12.4 Å². The average Bonchev–Trinajstić information content (AvgIpc) is 2.73. The van der Waals surface area contributed by atoms with E-state index in [1.807, 2.05) is 62.4 Å². The first-order chi connectivity index (χ1) is 15.2. The topological polar surface area (TPSA) is 67.4 Å². The standard InChI is InChI=1S/C27H30N2O3/c1-16-10-6-8-12-19(16)29-26(31)23-17(2)28-20-14-27(3,4)15-21(30)25(20)24(23)18-11-7-9-13-22(18)32-5/h6-13,24,28H,14-15H2,1-5H3,(H,29,31)/t24-/m0/s1. The number of anilines is 1. The monoisotopic (exact) mass is 430 g/mol. The van der Waals surface area contributed by atoms with E-state index in [2.05, 4.69) is 24.5 Å². The SMILES string of the molecule is COc1ccccc1[C@H]1C(C(=O)Nc2ccccc2C)=C(C)NC2=C1C(=O)CC(C)(C)C2. The zero-order chi connectivity index (χ0) is 23.0. The highest BCUT2D eigenvalue weighted by molar-refractivity contribution is 6.10. The second kappa shape index (κ2) is 8.30. The molecule has 4 rings (SSSR count). The Hall–Kier alpha value is -3.34. The van der Waals surface area contributed by atoms with Gasteiger partial charge in [0.05, 0.1) is 13.0 Å². The molecule has 2 N–H and O–H groups in total. The maximum Gasteiger partial charge on any atom is 0.254 e. The summed E-state index contributed by atoms with van der Waals surface area (Å²) < 4.78 is 5.65. The third kappa shape index (κ3) is 3.95. The molecule has 2 aliphatic rings. The molecule has 0 aromatic heterocycles. The van der Waals surface area contributed by atoms with Gasteiger partial charge in [0.2, 0.25) is 0 Å². The number of carbonyl (C=O) groups is 2. The van der Waals surface area contributed by atoms with Gasteiger partial charge in [-0.3, -0.25) is 9.59 Å². The zero-order valence-corrected chi connectivity index (χ0v) is 19.3. The molecular weight excluding hydrogens is 400 g/mol. The molecule has 0 spiro atoms. The lowest BCUT2D eigenvalue weighted by atomic mass is 9.68. The molecule has 32 heavy (non-hydrogen) atoms. The molecule has 1 atom stereocenters. The van der Waals surface area contributed by atoms with Gasteiger partial charge in [0, 0.05) is 40.2 Å². The minimum Gasteiger partial charge on any atom is -0.496 e. The fourth-order valence-electron chi connectivity index (χ4n) is 4.86. The van der Waals surface area contributed by atoms with Crippen LogP contribution in [0.1, 0.15) is 50.7 Å². The maximum atomic E-state index is 13.6. The van der Waals surface area contributed by atoms with Gasteiger partial charge in [-0.25, -0.2) is 0 Å². The van der Waals surface area contributed by atoms with Gasteiger partial charge in [-0.2, -0.15) is 0 Å². The van der Waals surface area contributed by atoms with Crippen LogP contribution in [0.4, 0.5) is 5.69 Å². The van der Waals surface area contributed by atoms with Crippen molar-refractivity contribution < 1.29 is 14.3 Å². The minimum absolute atomic E-state index is 0.0772. The Morgan fingerprint density at radius 1 is 1.06 bits per heavy atom. The summed E-state index contributed by atoms with van der Waals surface area (Å²) in [5.41, 5.74) is 5.32. The van der Waals surface area contributed by atoms with Crippen LogP contribution in [0.25, 0.3) is 0 Å². The van der Waals surface area contributed by atoms with E-state index >= 15 is 0 Å². The van der Waals surface area contributed by atoms with Gasteiger partial charge in [-0.05, 0) is 43.4 Å². The van der Waals surface area contributed by atoms with Crippen LogP contribution in [-0.4, -0.2) is 18.8 Å². The Morgan fingerprint density at radius 2 is 1.75 bits per heavy atom. The molecule has 5 nitrogen and oxygen atoms in total. The van der Waals surface area contributed by atoms with Crippen LogP contribution in [0.3, 0.4) is 0 Å². The molecule has 1 amide bonds. The number of hydrogen-bond acceptors (Lipinski definition) is 4. The van der Waals surface area contributed by atoms with Crippen molar-refractivity contribution in [3.05, 3.63) is 82.2 Å². The molecular formula is C27H30N2O3. The molecule has 2 aromatic rings. The zero-order valence-electron chi connectivity index (χ0n) is 19.3. The number of carbonyl (C=O) groups excluding carboxylic acids is 2. The van der Waals surface area contributed by atoms with Gasteiger partial charge < -0.3 is 15.4 Å². The van der Waals surface area contributed by atoms with Crippen LogP contribution in [0.5, 0.6) is 5.75 Å². The second-order valence-corrected chi connectivity index (χ2v) is 9.44. The van der Waals surface area contributed by atoms with E-state index in [9.17, 15) is 9.59 Å². The number of dihydropyridines is 1. The normalized spacial score (nSPS) is 19.9. The molecule has 0 bridgehead atoms. The van der Waals surface area contributed by atoms with Gasteiger partial charge in [-0.15, -0.1) is 0 Å². The summed E-state index contributed by atoms with van der Waals surface area (Å²) in [4.78, 5) is 27.1. The first kappa shape index (κ1) is 21.9. The first-order valence-corrected chi connectivity index (χ1v) is 11.0. The largest absolute Gasteiger partial charge is 0.496 e. The van der Waals surface area contributed by atoms with E-state index in [0.717, 1.165) is 34.6 Å². The van der Waals surface area contributed by atoms with Gasteiger partial charge in [0.1, 0.15) is 5.75 Å². The highest BCUT2D eigenvalue weighted by atomic mass is 16.5. The van der Waals surface area contributed by atoms with Crippen molar-refractivity contribution >= 4 is 17.4 Å². The molecule has 0 saturated heterocycles. The van der Waals surface area contributed by atoms with E-state index in [1.165, 1.54) is 0 Å². The summed E-state index contributed by atoms with van der Waals surface area (Å²) in [6, 6.07) is 15.3. The summed E-state index contributed by atoms with van der Waals surface area (Å²) >= 11 is 0. The Labute approximate surface area is 189 Å². The number of para-hydroxylation sites is 2. The second-order valence-electron chi connectivity index (χ2n) is 9.44. The lowest BCUT2D eigenvalue weighted by Crippen LogP contribution is -2.39. The Morgan fingerprint density at radius 3 is 2.47 bits per heavy atom. The Balaban J connectivity index is 1.86. The molecule has 1 aliphatic carbocycles. The van der Waals surface area contributed by atoms with Gasteiger partial charge in [0.15, 0.2) is 5.78 Å². The molecule has 5 heteroatoms. The molecule has 0 radical (unpaired) electrons. The number of allylic oxidation sites excluding steroid dienone is 3. The third-order valence-electron chi connectivity index (χ3n) is 6.33. The van der Waals surface area contributed by atoms with Crippen molar-refractivity contribution in [2.24, 2.45) is 5.41 Å². The van der Waals surface area contributed by atoms with Crippen LogP contribution in [0.15, 0.2) is 71.1 Å². The third-order valence-corrected chi connectivity index (χ3v) is 6.33. The van der Waals surface area contributed by atoms with E-state index < -0.39 is 5.92 Å². The lowest BCUT2D eigenvalue weighted by molar-refractivity contribution is -0.118. The highest BCUT2D eigenvalue weighted by Gasteiger charge is 2.43. The summed E-state index contributed by atoms with van der Waals surface area (Å²) in [6.07, 6.45) is 1.20.